The van der Waals surface area contributed by atoms with Crippen LogP contribution in [0.2, 0.25) is 0 Å². The predicted molar refractivity (Wildman–Crippen MR) is 89.7 cm³/mol. The second-order valence-electron chi connectivity index (χ2n) is 5.81. The van der Waals surface area contributed by atoms with Crippen LogP contribution in [0, 0.1) is 6.92 Å². The lowest BCUT2D eigenvalue weighted by Gasteiger charge is -2.11. The number of ether oxygens (including phenoxy) is 1. The molecular weight excluding hydrogens is 294 g/mol. The van der Waals surface area contributed by atoms with Crippen molar-refractivity contribution in [1.29, 1.82) is 0 Å². The Balaban J connectivity index is 1.79. The number of anilines is 1. The molecule has 22 heavy (non-hydrogen) atoms. The minimum absolute atomic E-state index is 0.364. The van der Waals surface area contributed by atoms with Crippen LogP contribution in [-0.2, 0) is 12.8 Å². The highest BCUT2D eigenvalue weighted by molar-refractivity contribution is 7.17. The molecule has 0 saturated carbocycles. The first-order chi connectivity index (χ1) is 10.7. The molecule has 0 saturated heterocycles. The number of hydrogen-bond acceptors (Lipinski definition) is 5. The van der Waals surface area contributed by atoms with E-state index in [1.54, 1.807) is 18.4 Å². The van der Waals surface area contributed by atoms with E-state index in [0.717, 1.165) is 29.1 Å². The highest BCUT2D eigenvalue weighted by atomic mass is 32.1. The molecule has 4 rings (SSSR count). The van der Waals surface area contributed by atoms with E-state index in [0.29, 0.717) is 11.9 Å². The van der Waals surface area contributed by atoms with Gasteiger partial charge >= 0.3 is 0 Å². The number of nitrogen functional groups attached to an aromatic ring is 1. The molecule has 0 amide bonds. The summed E-state index contributed by atoms with van der Waals surface area (Å²) in [7, 11) is 1.71. The van der Waals surface area contributed by atoms with Gasteiger partial charge in [-0.2, -0.15) is 0 Å². The first-order valence-electron chi connectivity index (χ1n) is 7.32. The number of hydrogen-bond donors (Lipinski definition) is 1. The zero-order valence-corrected chi connectivity index (χ0v) is 13.4. The Hall–Kier alpha value is -2.14. The van der Waals surface area contributed by atoms with E-state index in [1.807, 2.05) is 6.07 Å². The van der Waals surface area contributed by atoms with Gasteiger partial charge in [-0.1, -0.05) is 6.07 Å². The molecule has 112 valence electrons. The SMILES string of the molecule is COc1ccc2c(c1)CC(c1nc(N)nc3scc(C)c13)C2. The summed E-state index contributed by atoms with van der Waals surface area (Å²) in [5.74, 6) is 1.65. The molecule has 0 fully saturated rings. The second-order valence-corrected chi connectivity index (χ2v) is 6.66. The van der Waals surface area contributed by atoms with E-state index in [-0.39, 0.29) is 0 Å². The molecular formula is C17H17N3OS. The molecule has 1 atom stereocenters. The van der Waals surface area contributed by atoms with Crippen LogP contribution < -0.4 is 10.5 Å². The Kier molecular flexibility index (Phi) is 3.04. The van der Waals surface area contributed by atoms with Crippen molar-refractivity contribution < 1.29 is 4.74 Å². The fraction of sp³-hybridized carbons (Fsp3) is 0.294. The topological polar surface area (TPSA) is 61.0 Å². The molecule has 2 N–H and O–H groups in total. The molecule has 2 heterocycles. The summed E-state index contributed by atoms with van der Waals surface area (Å²) in [6.45, 7) is 2.12. The number of benzene rings is 1. The monoisotopic (exact) mass is 311 g/mol. The first kappa shape index (κ1) is 13.5. The van der Waals surface area contributed by atoms with Crippen LogP contribution in [0.1, 0.15) is 28.3 Å². The van der Waals surface area contributed by atoms with E-state index in [1.165, 1.54) is 22.1 Å². The van der Waals surface area contributed by atoms with E-state index in [2.05, 4.69) is 34.4 Å². The van der Waals surface area contributed by atoms with Gasteiger partial charge in [0.25, 0.3) is 0 Å². The summed E-state index contributed by atoms with van der Waals surface area (Å²) < 4.78 is 5.33. The zero-order valence-electron chi connectivity index (χ0n) is 12.6. The largest absolute Gasteiger partial charge is 0.497 e. The summed E-state index contributed by atoms with van der Waals surface area (Å²) in [4.78, 5) is 9.95. The number of nitrogens with zero attached hydrogens (tertiary/aromatic N) is 2. The number of thiophene rings is 1. The number of aryl methyl sites for hydroxylation is 1. The van der Waals surface area contributed by atoms with Crippen LogP contribution in [-0.4, -0.2) is 17.1 Å². The van der Waals surface area contributed by atoms with Crippen LogP contribution in [0.5, 0.6) is 5.75 Å². The maximum absolute atomic E-state index is 5.92. The van der Waals surface area contributed by atoms with Crippen molar-refractivity contribution in [2.24, 2.45) is 0 Å². The molecule has 1 aliphatic carbocycles. The predicted octanol–water partition coefficient (Wildman–Crippen LogP) is 3.47. The van der Waals surface area contributed by atoms with Gasteiger partial charge in [0.1, 0.15) is 10.6 Å². The smallest absolute Gasteiger partial charge is 0.221 e. The first-order valence-corrected chi connectivity index (χ1v) is 8.20. The number of methoxy groups -OCH3 is 1. The minimum atomic E-state index is 0.364. The van der Waals surface area contributed by atoms with Crippen molar-refractivity contribution in [3.63, 3.8) is 0 Å². The molecule has 0 spiro atoms. The lowest BCUT2D eigenvalue weighted by atomic mass is 9.98. The molecule has 1 aromatic carbocycles. The average molecular weight is 311 g/mol. The van der Waals surface area contributed by atoms with E-state index in [9.17, 15) is 0 Å². The third-order valence-electron chi connectivity index (χ3n) is 4.40. The van der Waals surface area contributed by atoms with Gasteiger partial charge in [-0.25, -0.2) is 9.97 Å². The van der Waals surface area contributed by atoms with Crippen LogP contribution in [0.3, 0.4) is 0 Å². The Morgan fingerprint density at radius 3 is 2.86 bits per heavy atom. The molecule has 2 aromatic heterocycles. The molecule has 5 heteroatoms. The van der Waals surface area contributed by atoms with Gasteiger partial charge in [-0.3, -0.25) is 0 Å². The normalized spacial score (nSPS) is 16.9. The maximum Gasteiger partial charge on any atom is 0.221 e. The number of aromatic nitrogens is 2. The van der Waals surface area contributed by atoms with Gasteiger partial charge in [0.2, 0.25) is 5.95 Å². The Morgan fingerprint density at radius 1 is 1.23 bits per heavy atom. The molecule has 3 aromatic rings. The third kappa shape index (κ3) is 2.04. The molecule has 0 bridgehead atoms. The van der Waals surface area contributed by atoms with Gasteiger partial charge in [-0.15, -0.1) is 11.3 Å². The maximum atomic E-state index is 5.92. The van der Waals surface area contributed by atoms with Crippen LogP contribution in [0.15, 0.2) is 23.6 Å². The zero-order chi connectivity index (χ0) is 15.3. The van der Waals surface area contributed by atoms with E-state index < -0.39 is 0 Å². The van der Waals surface area contributed by atoms with Crippen LogP contribution in [0.4, 0.5) is 5.95 Å². The number of nitrogens with two attached hydrogens (primary N) is 1. The van der Waals surface area contributed by atoms with E-state index >= 15 is 0 Å². The van der Waals surface area contributed by atoms with Crippen molar-refractivity contribution in [2.45, 2.75) is 25.7 Å². The van der Waals surface area contributed by atoms with Gasteiger partial charge in [0, 0.05) is 11.3 Å². The lowest BCUT2D eigenvalue weighted by molar-refractivity contribution is 0.414. The van der Waals surface area contributed by atoms with Crippen LogP contribution >= 0.6 is 11.3 Å². The molecule has 0 aliphatic heterocycles. The Bertz CT molecular complexity index is 872. The summed E-state index contributed by atoms with van der Waals surface area (Å²) in [5, 5.41) is 3.32. The standard InChI is InChI=1S/C17H17N3OS/c1-9-8-22-16-14(9)15(19-17(18)20-16)12-5-10-3-4-13(21-2)7-11(10)6-12/h3-4,7-8,12H,5-6H2,1-2H3,(H2,18,19,20). The number of fused-ring (bicyclic) bond motifs is 2. The lowest BCUT2D eigenvalue weighted by Crippen LogP contribution is -2.06. The van der Waals surface area contributed by atoms with Crippen molar-refractivity contribution in [3.8, 4) is 5.75 Å². The van der Waals surface area contributed by atoms with Gasteiger partial charge < -0.3 is 10.5 Å². The summed E-state index contributed by atoms with van der Waals surface area (Å²) >= 11 is 1.64. The van der Waals surface area contributed by atoms with Gasteiger partial charge in [0.05, 0.1) is 12.8 Å². The minimum Gasteiger partial charge on any atom is -0.497 e. The molecule has 1 unspecified atom stereocenters. The van der Waals surface area contributed by atoms with Crippen molar-refractivity contribution in [3.05, 3.63) is 46.0 Å². The Morgan fingerprint density at radius 2 is 2.05 bits per heavy atom. The van der Waals surface area contributed by atoms with Crippen LogP contribution in [0.25, 0.3) is 10.2 Å². The number of rotatable bonds is 2. The highest BCUT2D eigenvalue weighted by Gasteiger charge is 2.27. The summed E-state index contributed by atoms with van der Waals surface area (Å²) in [6.07, 6.45) is 1.98. The van der Waals surface area contributed by atoms with Gasteiger partial charge in [0.15, 0.2) is 0 Å². The molecule has 4 nitrogen and oxygen atoms in total. The second kappa shape index (κ2) is 4.95. The van der Waals surface area contributed by atoms with Crippen molar-refractivity contribution >= 4 is 27.5 Å². The fourth-order valence-electron chi connectivity index (χ4n) is 3.34. The highest BCUT2D eigenvalue weighted by Crippen LogP contribution is 2.39. The third-order valence-corrected chi connectivity index (χ3v) is 5.39. The van der Waals surface area contributed by atoms with Gasteiger partial charge in [-0.05, 0) is 54.0 Å². The molecule has 1 aliphatic rings. The quantitative estimate of drug-likeness (QED) is 0.787. The molecule has 0 radical (unpaired) electrons. The van der Waals surface area contributed by atoms with Crippen molar-refractivity contribution in [2.75, 3.05) is 12.8 Å². The summed E-state index contributed by atoms with van der Waals surface area (Å²) in [5.41, 5.74) is 11.0. The summed E-state index contributed by atoms with van der Waals surface area (Å²) in [6, 6.07) is 6.33. The van der Waals surface area contributed by atoms with E-state index in [4.69, 9.17) is 10.5 Å². The average Bonchev–Trinajstić information content (AvgIpc) is 3.09. The fourth-order valence-corrected chi connectivity index (χ4v) is 4.28. The van der Waals surface area contributed by atoms with Crippen molar-refractivity contribution in [1.82, 2.24) is 9.97 Å². The Labute approximate surface area is 133 Å².